The molecule has 2 fully saturated rings. The van der Waals surface area contributed by atoms with Gasteiger partial charge in [-0.05, 0) is 85.3 Å². The lowest BCUT2D eigenvalue weighted by Gasteiger charge is -2.57. The Morgan fingerprint density at radius 2 is 1.78 bits per heavy atom. The number of fused-ring (bicyclic) bond motifs is 1. The Balaban J connectivity index is 0.000000260. The average Bonchev–Trinajstić information content (AvgIpc) is 2.94. The molecule has 2 N–H and O–H groups in total. The molecule has 1 aromatic heterocycles. The summed E-state index contributed by atoms with van der Waals surface area (Å²) >= 11 is 0. The summed E-state index contributed by atoms with van der Waals surface area (Å²) in [5.74, 6) is 0.321. The van der Waals surface area contributed by atoms with Crippen LogP contribution < -0.4 is 0 Å². The fraction of sp³-hybridized carbons (Fsp3) is 0.444. The van der Waals surface area contributed by atoms with E-state index in [2.05, 4.69) is 25.5 Å². The van der Waals surface area contributed by atoms with Gasteiger partial charge >= 0.3 is 5.97 Å². The quantitative estimate of drug-likeness (QED) is 0.492. The van der Waals surface area contributed by atoms with Gasteiger partial charge in [0.05, 0.1) is 5.92 Å². The normalized spacial score (nSPS) is 24.1. The number of phenols is 1. The highest BCUT2D eigenvalue weighted by Gasteiger charge is 2.55. The van der Waals surface area contributed by atoms with Gasteiger partial charge in [0.15, 0.2) is 0 Å². The molecular weight excluding hydrogens is 405 g/mol. The number of carbonyl (C=O) groups is 1. The predicted molar refractivity (Wildman–Crippen MR) is 125 cm³/mol. The van der Waals surface area contributed by atoms with Crippen molar-refractivity contribution in [3.8, 4) is 5.75 Å². The molecule has 5 rings (SSSR count). The van der Waals surface area contributed by atoms with Crippen LogP contribution in [0.3, 0.4) is 0 Å². The molecule has 1 spiro atoms. The smallest absolute Gasteiger partial charge is 0.306 e. The van der Waals surface area contributed by atoms with Crippen LogP contribution in [0.5, 0.6) is 5.75 Å². The van der Waals surface area contributed by atoms with Gasteiger partial charge in [0.2, 0.25) is 0 Å². The molecule has 0 unspecified atom stereocenters. The number of benzene rings is 2. The Bertz CT molecular complexity index is 1130. The number of carboxylic acid groups (broad SMARTS) is 1. The molecule has 3 aromatic rings. The Morgan fingerprint density at radius 3 is 2.31 bits per heavy atom. The number of carboxylic acids is 1. The number of hydrogen-bond acceptors (Lipinski definition) is 2. The van der Waals surface area contributed by atoms with Crippen molar-refractivity contribution in [1.29, 1.82) is 0 Å². The number of aliphatic carboxylic acids is 1. The second-order valence-corrected chi connectivity index (χ2v) is 10.0. The van der Waals surface area contributed by atoms with Gasteiger partial charge in [-0.1, -0.05) is 32.0 Å². The number of aryl methyl sites for hydroxylation is 2. The number of rotatable bonds is 3. The summed E-state index contributed by atoms with van der Waals surface area (Å²) in [4.78, 5) is 11.1. The van der Waals surface area contributed by atoms with Crippen molar-refractivity contribution in [3.05, 3.63) is 65.1 Å². The Labute approximate surface area is 188 Å². The molecule has 32 heavy (non-hydrogen) atoms. The van der Waals surface area contributed by atoms with Crippen LogP contribution in [0.2, 0.25) is 0 Å². The third kappa shape index (κ3) is 3.89. The highest BCUT2D eigenvalue weighted by Crippen LogP contribution is 2.65. The monoisotopic (exact) mass is 437 g/mol. The lowest BCUT2D eigenvalue weighted by Crippen LogP contribution is -2.49. The zero-order valence-corrected chi connectivity index (χ0v) is 19.2. The Kier molecular flexibility index (Phi) is 5.78. The van der Waals surface area contributed by atoms with Crippen molar-refractivity contribution in [2.45, 2.75) is 58.3 Å². The van der Waals surface area contributed by atoms with Crippen molar-refractivity contribution in [1.82, 2.24) is 4.57 Å². The zero-order valence-electron chi connectivity index (χ0n) is 19.2. The molecule has 0 atom stereocenters. The summed E-state index contributed by atoms with van der Waals surface area (Å²) in [5.41, 5.74) is 4.87. The Hall–Kier alpha value is -2.82. The first-order valence-corrected chi connectivity index (χ1v) is 11.4. The van der Waals surface area contributed by atoms with E-state index in [1.807, 2.05) is 18.2 Å². The standard InChI is InChI=1S/C20H25NO3.C7H7F/c1-11(2)18-17(15-6-14(22)4-5-16(15)21(18)3)12-7-20(8-12)9-13(10-20)19(23)24;1-6-4-2-3-5-7(6)8/h4-6,11-13,22H,7-10H2,1-3H3,(H,23,24);2-5H,1H3. The summed E-state index contributed by atoms with van der Waals surface area (Å²) in [5, 5.41) is 20.2. The Morgan fingerprint density at radius 1 is 1.12 bits per heavy atom. The number of aromatic hydroxyl groups is 1. The fourth-order valence-corrected chi connectivity index (χ4v) is 5.84. The van der Waals surface area contributed by atoms with Gasteiger partial charge in [-0.2, -0.15) is 0 Å². The van der Waals surface area contributed by atoms with Crippen LogP contribution in [0.4, 0.5) is 4.39 Å². The van der Waals surface area contributed by atoms with Crippen molar-refractivity contribution >= 4 is 16.9 Å². The van der Waals surface area contributed by atoms with Gasteiger partial charge in [0, 0.05) is 23.6 Å². The van der Waals surface area contributed by atoms with Crippen LogP contribution in [-0.4, -0.2) is 20.7 Å². The summed E-state index contributed by atoms with van der Waals surface area (Å²) < 4.78 is 14.6. The number of aromatic nitrogens is 1. The second-order valence-electron chi connectivity index (χ2n) is 10.0. The van der Waals surface area contributed by atoms with Crippen molar-refractivity contribution in [2.75, 3.05) is 0 Å². The molecule has 5 heteroatoms. The molecule has 0 saturated heterocycles. The third-order valence-electron chi connectivity index (χ3n) is 7.37. The third-order valence-corrected chi connectivity index (χ3v) is 7.37. The molecule has 2 aliphatic carbocycles. The van der Waals surface area contributed by atoms with Crippen LogP contribution >= 0.6 is 0 Å². The van der Waals surface area contributed by atoms with Gasteiger partial charge in [-0.3, -0.25) is 4.79 Å². The highest BCUT2D eigenvalue weighted by molar-refractivity contribution is 5.88. The average molecular weight is 438 g/mol. The number of hydrogen-bond donors (Lipinski definition) is 2. The number of phenolic OH excluding ortho intramolecular Hbond substituents is 1. The fourth-order valence-electron chi connectivity index (χ4n) is 5.84. The van der Waals surface area contributed by atoms with Gasteiger partial charge in [-0.25, -0.2) is 4.39 Å². The van der Waals surface area contributed by atoms with Crippen LogP contribution in [0.15, 0.2) is 42.5 Å². The van der Waals surface area contributed by atoms with Crippen molar-refractivity contribution in [2.24, 2.45) is 18.4 Å². The molecule has 0 amide bonds. The maximum Gasteiger partial charge on any atom is 0.306 e. The van der Waals surface area contributed by atoms with Gasteiger partial charge in [0.1, 0.15) is 11.6 Å². The van der Waals surface area contributed by atoms with Gasteiger partial charge < -0.3 is 14.8 Å². The van der Waals surface area contributed by atoms with Gasteiger partial charge in [0.25, 0.3) is 0 Å². The SMILES string of the molecule is CC(C)c1c(C2CC3(CC(C(=O)O)C3)C2)c2cc(O)ccc2n1C.Cc1ccccc1F. The molecular formula is C27H32FNO3. The zero-order chi connectivity index (χ0) is 23.2. The van der Waals surface area contributed by atoms with E-state index < -0.39 is 5.97 Å². The topological polar surface area (TPSA) is 62.5 Å². The van der Waals surface area contributed by atoms with E-state index in [0.717, 1.165) is 31.1 Å². The van der Waals surface area contributed by atoms with E-state index in [0.29, 0.717) is 23.1 Å². The summed E-state index contributed by atoms with van der Waals surface area (Å²) in [6.45, 7) is 6.18. The van der Waals surface area contributed by atoms with Crippen molar-refractivity contribution < 1.29 is 19.4 Å². The molecule has 2 aromatic carbocycles. The first kappa shape index (κ1) is 22.4. The summed E-state index contributed by atoms with van der Waals surface area (Å²) in [6, 6.07) is 12.3. The first-order chi connectivity index (χ1) is 15.1. The molecule has 0 bridgehead atoms. The largest absolute Gasteiger partial charge is 0.508 e. The minimum absolute atomic E-state index is 0.132. The molecule has 170 valence electrons. The lowest BCUT2D eigenvalue weighted by atomic mass is 9.47. The molecule has 2 aliphatic rings. The van der Waals surface area contributed by atoms with Crippen LogP contribution in [0, 0.1) is 24.1 Å². The van der Waals surface area contributed by atoms with E-state index in [9.17, 15) is 14.3 Å². The minimum atomic E-state index is -0.637. The minimum Gasteiger partial charge on any atom is -0.508 e. The van der Waals surface area contributed by atoms with Crippen molar-refractivity contribution in [3.63, 3.8) is 0 Å². The van der Waals surface area contributed by atoms with E-state index in [1.54, 1.807) is 25.1 Å². The summed E-state index contributed by atoms with van der Waals surface area (Å²) in [7, 11) is 2.11. The molecule has 4 nitrogen and oxygen atoms in total. The molecule has 2 saturated carbocycles. The molecule has 0 aliphatic heterocycles. The van der Waals surface area contributed by atoms with E-state index in [1.165, 1.54) is 22.8 Å². The van der Waals surface area contributed by atoms with Crippen LogP contribution in [0.25, 0.3) is 10.9 Å². The summed E-state index contributed by atoms with van der Waals surface area (Å²) in [6.07, 6.45) is 3.86. The lowest BCUT2D eigenvalue weighted by molar-refractivity contribution is -0.155. The molecule has 1 heterocycles. The maximum atomic E-state index is 12.3. The predicted octanol–water partition coefficient (Wildman–Crippen LogP) is 6.50. The number of halogens is 1. The van der Waals surface area contributed by atoms with E-state index in [4.69, 9.17) is 5.11 Å². The van der Waals surface area contributed by atoms with E-state index >= 15 is 0 Å². The second kappa shape index (κ2) is 8.27. The highest BCUT2D eigenvalue weighted by atomic mass is 19.1. The molecule has 0 radical (unpaired) electrons. The van der Waals surface area contributed by atoms with Crippen LogP contribution in [-0.2, 0) is 11.8 Å². The number of nitrogens with zero attached hydrogens (tertiary/aromatic N) is 1. The first-order valence-electron chi connectivity index (χ1n) is 11.4. The maximum absolute atomic E-state index is 12.3. The van der Waals surface area contributed by atoms with Gasteiger partial charge in [-0.15, -0.1) is 0 Å². The van der Waals surface area contributed by atoms with E-state index in [-0.39, 0.29) is 17.2 Å². The van der Waals surface area contributed by atoms with Crippen LogP contribution in [0.1, 0.15) is 68.2 Å².